The van der Waals surface area contributed by atoms with E-state index in [1.165, 1.54) is 11.3 Å². The highest BCUT2D eigenvalue weighted by Gasteiger charge is 2.23. The Morgan fingerprint density at radius 2 is 2.03 bits per heavy atom. The van der Waals surface area contributed by atoms with Gasteiger partial charge in [-0.25, -0.2) is 18.1 Å². The summed E-state index contributed by atoms with van der Waals surface area (Å²) in [6.45, 7) is 0.868. The van der Waals surface area contributed by atoms with Crippen molar-refractivity contribution in [2.75, 3.05) is 32.7 Å². The van der Waals surface area contributed by atoms with E-state index in [0.29, 0.717) is 44.0 Å². The number of thiazole rings is 1. The van der Waals surface area contributed by atoms with Crippen LogP contribution in [0, 0.1) is 0 Å². The molecule has 178 valence electrons. The summed E-state index contributed by atoms with van der Waals surface area (Å²) < 4.78 is 37.4. The lowest BCUT2D eigenvalue weighted by Crippen LogP contribution is -2.34. The summed E-state index contributed by atoms with van der Waals surface area (Å²) >= 11 is 1.37. The molecule has 1 atom stereocenters. The minimum atomic E-state index is -3.41. The van der Waals surface area contributed by atoms with Crippen molar-refractivity contribution in [3.05, 3.63) is 53.4 Å². The van der Waals surface area contributed by atoms with Crippen LogP contribution in [0.1, 0.15) is 25.7 Å². The molecule has 1 aliphatic rings. The van der Waals surface area contributed by atoms with Gasteiger partial charge in [0.25, 0.3) is 0 Å². The Bertz CT molecular complexity index is 1090. The van der Waals surface area contributed by atoms with Gasteiger partial charge in [0.05, 0.1) is 18.1 Å². The maximum Gasteiger partial charge on any atom is 0.226 e. The van der Waals surface area contributed by atoms with Crippen LogP contribution in [-0.4, -0.2) is 51.9 Å². The van der Waals surface area contributed by atoms with E-state index in [2.05, 4.69) is 15.0 Å². The van der Waals surface area contributed by atoms with Crippen LogP contribution < -0.4 is 14.8 Å². The zero-order valence-corrected chi connectivity index (χ0v) is 20.4. The second-order valence-corrected chi connectivity index (χ2v) is 10.4. The molecule has 0 saturated carbocycles. The maximum absolute atomic E-state index is 12.4. The van der Waals surface area contributed by atoms with Gasteiger partial charge in [-0.1, -0.05) is 23.8 Å². The van der Waals surface area contributed by atoms with Gasteiger partial charge in [-0.15, -0.1) is 11.3 Å². The quantitative estimate of drug-likeness (QED) is 0.438. The minimum Gasteiger partial charge on any atom is -0.497 e. The summed E-state index contributed by atoms with van der Waals surface area (Å²) in [5.41, 5.74) is 2.69. The lowest BCUT2D eigenvalue weighted by molar-refractivity contribution is -0.116. The van der Waals surface area contributed by atoms with Crippen molar-refractivity contribution >= 4 is 32.4 Å². The molecule has 0 radical (unpaired) electrons. The maximum atomic E-state index is 12.4. The Hall–Kier alpha value is -2.53. The highest BCUT2D eigenvalue weighted by Crippen LogP contribution is 2.27. The summed E-state index contributed by atoms with van der Waals surface area (Å²) in [6, 6.07) is 7.57. The normalized spacial score (nSPS) is 15.8. The fourth-order valence-corrected chi connectivity index (χ4v) is 5.28. The van der Waals surface area contributed by atoms with Gasteiger partial charge in [-0.2, -0.15) is 0 Å². The summed E-state index contributed by atoms with van der Waals surface area (Å²) in [7, 11) is -0.210. The summed E-state index contributed by atoms with van der Waals surface area (Å²) in [5.74, 6) is 0.644. The number of carbonyl (C=O) groups is 1. The first kappa shape index (κ1) is 25.1. The second-order valence-electron chi connectivity index (χ2n) is 7.51. The van der Waals surface area contributed by atoms with E-state index in [0.717, 1.165) is 22.6 Å². The predicted molar refractivity (Wildman–Crippen MR) is 131 cm³/mol. The van der Waals surface area contributed by atoms with E-state index in [1.807, 2.05) is 35.7 Å². The van der Waals surface area contributed by atoms with Crippen LogP contribution >= 0.6 is 11.3 Å². The molecule has 1 unspecified atom stereocenters. The fraction of sp³-hybridized carbons (Fsp3) is 0.391. The molecule has 2 N–H and O–H groups in total. The standard InChI is InChI=1S/C23H29N3O5S2/c1-30-15-3-14-24-33(28,29)20-11-4-17(5-12-20)6-13-22(27)26-23-25-21(16-32-23)18-7-9-19(31-2)10-8-18/h4-5,7-11,16,20,24H,3,6,12-15H2,1-2H3,(H,25,26,27). The number of allylic oxidation sites excluding steroid dienone is 3. The Labute approximate surface area is 198 Å². The van der Waals surface area contributed by atoms with E-state index in [9.17, 15) is 13.2 Å². The number of benzene rings is 1. The number of carbonyl (C=O) groups excluding carboxylic acids is 1. The monoisotopic (exact) mass is 491 g/mol. The van der Waals surface area contributed by atoms with Crippen LogP contribution in [-0.2, 0) is 19.6 Å². The average Bonchev–Trinajstić information content (AvgIpc) is 3.29. The van der Waals surface area contributed by atoms with Gasteiger partial charge in [-0.3, -0.25) is 4.79 Å². The average molecular weight is 492 g/mol. The molecule has 10 heteroatoms. The van der Waals surface area contributed by atoms with E-state index in [1.54, 1.807) is 26.4 Å². The molecule has 1 aromatic carbocycles. The highest BCUT2D eigenvalue weighted by atomic mass is 32.2. The molecular formula is C23H29N3O5S2. The third-order valence-electron chi connectivity index (χ3n) is 5.14. The number of hydrogen-bond acceptors (Lipinski definition) is 7. The molecule has 2 aromatic rings. The molecule has 0 fully saturated rings. The first-order valence-corrected chi connectivity index (χ1v) is 13.1. The zero-order valence-electron chi connectivity index (χ0n) is 18.7. The van der Waals surface area contributed by atoms with Gasteiger partial charge in [0.1, 0.15) is 5.75 Å². The first-order chi connectivity index (χ1) is 15.9. The number of anilines is 1. The topological polar surface area (TPSA) is 107 Å². The molecule has 1 aliphatic carbocycles. The molecule has 0 saturated heterocycles. The molecule has 33 heavy (non-hydrogen) atoms. The van der Waals surface area contributed by atoms with Gasteiger partial charge in [0, 0.05) is 37.6 Å². The molecule has 0 bridgehead atoms. The van der Waals surface area contributed by atoms with Crippen molar-refractivity contribution in [2.24, 2.45) is 0 Å². The second kappa shape index (κ2) is 12.1. The largest absolute Gasteiger partial charge is 0.497 e. The van der Waals surface area contributed by atoms with Crippen molar-refractivity contribution in [2.45, 2.75) is 30.9 Å². The molecule has 1 heterocycles. The Morgan fingerprint density at radius 3 is 2.70 bits per heavy atom. The van der Waals surface area contributed by atoms with Crippen molar-refractivity contribution < 1.29 is 22.7 Å². The van der Waals surface area contributed by atoms with Crippen LogP contribution in [0.15, 0.2) is 53.4 Å². The van der Waals surface area contributed by atoms with E-state index >= 15 is 0 Å². The minimum absolute atomic E-state index is 0.130. The first-order valence-electron chi connectivity index (χ1n) is 10.7. The molecule has 3 rings (SSSR count). The smallest absolute Gasteiger partial charge is 0.226 e. The molecule has 1 aromatic heterocycles. The summed E-state index contributed by atoms with van der Waals surface area (Å²) in [4.78, 5) is 16.8. The Morgan fingerprint density at radius 1 is 1.24 bits per heavy atom. The molecule has 8 nitrogen and oxygen atoms in total. The van der Waals surface area contributed by atoms with Crippen molar-refractivity contribution in [1.29, 1.82) is 0 Å². The molecule has 0 spiro atoms. The zero-order chi connectivity index (χ0) is 23.7. The predicted octanol–water partition coefficient (Wildman–Crippen LogP) is 3.75. The van der Waals surface area contributed by atoms with Crippen molar-refractivity contribution in [3.63, 3.8) is 0 Å². The van der Waals surface area contributed by atoms with Crippen LogP contribution in [0.3, 0.4) is 0 Å². The number of amides is 1. The van der Waals surface area contributed by atoms with Gasteiger partial charge >= 0.3 is 0 Å². The Balaban J connectivity index is 1.44. The van der Waals surface area contributed by atoms with Gasteiger partial charge < -0.3 is 14.8 Å². The lowest BCUT2D eigenvalue weighted by Gasteiger charge is -2.17. The number of nitrogens with one attached hydrogen (secondary N) is 2. The van der Waals surface area contributed by atoms with Crippen molar-refractivity contribution in [3.8, 4) is 17.0 Å². The van der Waals surface area contributed by atoms with Crippen LogP contribution in [0.5, 0.6) is 5.75 Å². The third-order valence-corrected chi connectivity index (χ3v) is 7.65. The van der Waals surface area contributed by atoms with Crippen LogP contribution in [0.4, 0.5) is 5.13 Å². The van der Waals surface area contributed by atoms with Gasteiger partial charge in [0.2, 0.25) is 15.9 Å². The van der Waals surface area contributed by atoms with Gasteiger partial charge in [0.15, 0.2) is 5.13 Å². The van der Waals surface area contributed by atoms with E-state index < -0.39 is 15.3 Å². The fourth-order valence-electron chi connectivity index (χ4n) is 3.26. The molecule has 1 amide bonds. The molecule has 0 aliphatic heterocycles. The number of nitrogens with zero attached hydrogens (tertiary/aromatic N) is 1. The lowest BCUT2D eigenvalue weighted by atomic mass is 10.0. The van der Waals surface area contributed by atoms with Crippen molar-refractivity contribution in [1.82, 2.24) is 9.71 Å². The number of sulfonamides is 1. The summed E-state index contributed by atoms with van der Waals surface area (Å²) in [5, 5.41) is 4.69. The van der Waals surface area contributed by atoms with E-state index in [4.69, 9.17) is 9.47 Å². The van der Waals surface area contributed by atoms with E-state index in [-0.39, 0.29) is 5.91 Å². The third kappa shape index (κ3) is 7.50. The van der Waals surface area contributed by atoms with Crippen LogP contribution in [0.2, 0.25) is 0 Å². The highest BCUT2D eigenvalue weighted by molar-refractivity contribution is 7.90. The number of methoxy groups -OCH3 is 2. The number of aromatic nitrogens is 1. The summed E-state index contributed by atoms with van der Waals surface area (Å²) in [6.07, 6.45) is 7.22. The number of hydrogen-bond donors (Lipinski definition) is 2. The molecular weight excluding hydrogens is 462 g/mol. The van der Waals surface area contributed by atoms with Gasteiger partial charge in [-0.05, 0) is 43.5 Å². The Kier molecular flexibility index (Phi) is 9.19. The SMILES string of the molecule is COCCCNS(=O)(=O)C1C=CC(CCC(=O)Nc2nc(-c3ccc(OC)cc3)cs2)=CC1. The van der Waals surface area contributed by atoms with Crippen LogP contribution in [0.25, 0.3) is 11.3 Å². The number of rotatable bonds is 12. The number of ether oxygens (including phenoxy) is 2.